The largest absolute Gasteiger partial charge is 0.373 e. The number of nitrogens with zero attached hydrogens (tertiary/aromatic N) is 2. The van der Waals surface area contributed by atoms with Crippen LogP contribution in [0.25, 0.3) is 0 Å². The Morgan fingerprint density at radius 3 is 2.58 bits per heavy atom. The van der Waals surface area contributed by atoms with Crippen LogP contribution in [0.2, 0.25) is 0 Å². The Kier molecular flexibility index (Phi) is 6.72. The predicted molar refractivity (Wildman–Crippen MR) is 91.4 cm³/mol. The second kappa shape index (κ2) is 8.77. The number of benzene rings is 1. The number of alkyl halides is 2. The number of hydrogen-bond donors (Lipinski definition) is 2. The molecule has 0 aliphatic carbocycles. The highest BCUT2D eigenvalue weighted by Gasteiger charge is 2.27. The normalized spacial score (nSPS) is 17.0. The van der Waals surface area contributed by atoms with Gasteiger partial charge in [0.15, 0.2) is 0 Å². The fraction of sp³-hybridized carbons (Fsp3) is 0.438. The molecule has 24 heavy (non-hydrogen) atoms. The average molecular weight is 356 g/mol. The van der Waals surface area contributed by atoms with Crippen molar-refractivity contribution in [3.05, 3.63) is 41.8 Å². The minimum Gasteiger partial charge on any atom is -0.373 e. The summed E-state index contributed by atoms with van der Waals surface area (Å²) < 4.78 is 28.9. The molecule has 1 heterocycles. The third-order valence-corrected chi connectivity index (χ3v) is 4.53. The Labute approximate surface area is 145 Å². The zero-order valence-electron chi connectivity index (χ0n) is 13.8. The highest BCUT2D eigenvalue weighted by molar-refractivity contribution is 7.97. The Morgan fingerprint density at radius 1 is 1.29 bits per heavy atom. The number of carbonyl (C=O) groups is 1. The summed E-state index contributed by atoms with van der Waals surface area (Å²) >= 11 is 1.39. The average Bonchev–Trinajstić information content (AvgIpc) is 2.57. The van der Waals surface area contributed by atoms with Crippen molar-refractivity contribution >= 4 is 17.9 Å². The molecule has 132 valence electrons. The molecule has 0 unspecified atom stereocenters. The maximum atomic E-state index is 12.9. The van der Waals surface area contributed by atoms with Crippen molar-refractivity contribution in [1.29, 1.82) is 0 Å². The molecule has 1 fully saturated rings. The summed E-state index contributed by atoms with van der Waals surface area (Å²) in [7, 11) is 1.73. The number of halogens is 2. The molecule has 1 aliphatic rings. The second-order valence-electron chi connectivity index (χ2n) is 5.37. The van der Waals surface area contributed by atoms with E-state index in [0.717, 1.165) is 4.90 Å². The molecule has 0 saturated carbocycles. The van der Waals surface area contributed by atoms with Crippen LogP contribution < -0.4 is 10.0 Å². The van der Waals surface area contributed by atoms with Crippen molar-refractivity contribution in [2.45, 2.75) is 18.2 Å². The number of amides is 1. The fourth-order valence-corrected chi connectivity index (χ4v) is 3.20. The summed E-state index contributed by atoms with van der Waals surface area (Å²) in [6.45, 7) is 2.30. The van der Waals surface area contributed by atoms with Gasteiger partial charge < -0.3 is 19.8 Å². The van der Waals surface area contributed by atoms with E-state index in [9.17, 15) is 13.6 Å². The van der Waals surface area contributed by atoms with E-state index in [1.807, 2.05) is 30.3 Å². The number of hydrogen-bond acceptors (Lipinski definition) is 5. The van der Waals surface area contributed by atoms with Gasteiger partial charge in [0, 0.05) is 32.0 Å². The smallest absolute Gasteiger partial charge is 0.255 e. The second-order valence-corrected chi connectivity index (χ2v) is 6.25. The Hall–Kier alpha value is -1.96. The first kappa shape index (κ1) is 18.4. The number of nitrogens with one attached hydrogen (secondary N) is 2. The minimum absolute atomic E-state index is 0.0598. The third kappa shape index (κ3) is 5.02. The van der Waals surface area contributed by atoms with E-state index in [0.29, 0.717) is 31.2 Å². The van der Waals surface area contributed by atoms with Gasteiger partial charge in [-0.25, -0.2) is 8.78 Å². The maximum absolute atomic E-state index is 12.9. The zero-order valence-corrected chi connectivity index (χ0v) is 14.6. The molecule has 1 aromatic rings. The highest BCUT2D eigenvalue weighted by Crippen LogP contribution is 2.20. The summed E-state index contributed by atoms with van der Waals surface area (Å²) in [6.07, 6.45) is -2.43. The highest BCUT2D eigenvalue weighted by atomic mass is 32.2. The van der Waals surface area contributed by atoms with Crippen LogP contribution in [-0.2, 0) is 4.79 Å². The Bertz CT molecular complexity index is 583. The molecule has 8 heteroatoms. The lowest BCUT2D eigenvalue weighted by Crippen LogP contribution is -2.49. The molecule has 1 amide bonds. The van der Waals surface area contributed by atoms with Crippen LogP contribution in [-0.4, -0.2) is 55.4 Å². The summed E-state index contributed by atoms with van der Waals surface area (Å²) in [6, 6.07) is 9.69. The van der Waals surface area contributed by atoms with Gasteiger partial charge in [-0.15, -0.1) is 0 Å². The van der Waals surface area contributed by atoms with Crippen molar-refractivity contribution in [3.8, 4) is 0 Å². The summed E-state index contributed by atoms with van der Waals surface area (Å²) in [4.78, 5) is 15.9. The van der Waals surface area contributed by atoms with Crippen LogP contribution in [0.1, 0.15) is 6.92 Å². The van der Waals surface area contributed by atoms with Crippen LogP contribution in [0.3, 0.4) is 0 Å². The van der Waals surface area contributed by atoms with E-state index >= 15 is 0 Å². The van der Waals surface area contributed by atoms with Gasteiger partial charge >= 0.3 is 0 Å². The molecule has 2 rings (SSSR count). The summed E-state index contributed by atoms with van der Waals surface area (Å²) in [5.74, 6) is 0.575. The molecule has 0 spiro atoms. The van der Waals surface area contributed by atoms with Gasteiger partial charge in [-0.05, 0) is 24.1 Å². The van der Waals surface area contributed by atoms with Gasteiger partial charge in [0.1, 0.15) is 5.82 Å². The van der Waals surface area contributed by atoms with Gasteiger partial charge in [0.25, 0.3) is 6.43 Å². The third-order valence-electron chi connectivity index (χ3n) is 3.72. The molecule has 1 aliphatic heterocycles. The van der Waals surface area contributed by atoms with Gasteiger partial charge in [-0.3, -0.25) is 4.79 Å². The standard InChI is InChI=1S/C16H22F2N4OS/c1-12(23)21-8-9-22(11-15(17)18)14(10-21)16(19-2)20-24-13-6-4-3-5-7-13/h3-7,15,19-20H,8-11H2,1-2H3/b16-14+. The molecule has 2 N–H and O–H groups in total. The molecule has 0 atom stereocenters. The van der Waals surface area contributed by atoms with Crippen molar-refractivity contribution in [2.75, 3.05) is 33.2 Å². The first-order valence-electron chi connectivity index (χ1n) is 7.68. The topological polar surface area (TPSA) is 47.6 Å². The molecule has 1 saturated heterocycles. The van der Waals surface area contributed by atoms with Gasteiger partial charge in [-0.1, -0.05) is 18.2 Å². The van der Waals surface area contributed by atoms with E-state index in [2.05, 4.69) is 10.0 Å². The zero-order chi connectivity index (χ0) is 17.5. The van der Waals surface area contributed by atoms with Crippen LogP contribution >= 0.6 is 11.9 Å². The summed E-state index contributed by atoms with van der Waals surface area (Å²) in [5, 5.41) is 3.03. The number of rotatable bonds is 6. The lowest BCUT2D eigenvalue weighted by atomic mass is 10.2. The van der Waals surface area contributed by atoms with Crippen molar-refractivity contribution in [3.63, 3.8) is 0 Å². The Morgan fingerprint density at radius 2 is 2.00 bits per heavy atom. The first-order chi connectivity index (χ1) is 11.5. The quantitative estimate of drug-likeness (QED) is 0.765. The first-order valence-corrected chi connectivity index (χ1v) is 8.50. The van der Waals surface area contributed by atoms with Crippen molar-refractivity contribution in [1.82, 2.24) is 19.8 Å². The van der Waals surface area contributed by atoms with Crippen LogP contribution in [0.15, 0.2) is 46.7 Å². The van der Waals surface area contributed by atoms with E-state index in [1.165, 1.54) is 18.9 Å². The molecule has 0 bridgehead atoms. The van der Waals surface area contributed by atoms with Crippen LogP contribution in [0.4, 0.5) is 8.78 Å². The molecule has 0 radical (unpaired) electrons. The SMILES string of the molecule is CN/C(NSc1ccccc1)=C1/CN(C(C)=O)CCN1CC(F)F. The number of piperazine rings is 1. The van der Waals surface area contributed by atoms with Crippen LogP contribution in [0, 0.1) is 0 Å². The minimum atomic E-state index is -2.43. The van der Waals surface area contributed by atoms with Gasteiger partial charge in [-0.2, -0.15) is 0 Å². The van der Waals surface area contributed by atoms with Crippen LogP contribution in [0.5, 0.6) is 0 Å². The maximum Gasteiger partial charge on any atom is 0.255 e. The molecule has 5 nitrogen and oxygen atoms in total. The van der Waals surface area contributed by atoms with Gasteiger partial charge in [0.05, 0.1) is 18.8 Å². The number of carbonyl (C=O) groups excluding carboxylic acids is 1. The molecular weight excluding hydrogens is 334 g/mol. The van der Waals surface area contributed by atoms with E-state index in [4.69, 9.17) is 0 Å². The molecular formula is C16H22F2N4OS. The lowest BCUT2D eigenvalue weighted by Gasteiger charge is -2.38. The Balaban J connectivity index is 2.18. The molecule has 1 aromatic carbocycles. The van der Waals surface area contributed by atoms with E-state index in [1.54, 1.807) is 16.8 Å². The van der Waals surface area contributed by atoms with Crippen molar-refractivity contribution in [2.24, 2.45) is 0 Å². The predicted octanol–water partition coefficient (Wildman–Crippen LogP) is 2.10. The summed E-state index contributed by atoms with van der Waals surface area (Å²) in [5.41, 5.74) is 0.669. The van der Waals surface area contributed by atoms with E-state index < -0.39 is 6.43 Å². The van der Waals surface area contributed by atoms with Crippen molar-refractivity contribution < 1.29 is 13.6 Å². The van der Waals surface area contributed by atoms with Gasteiger partial charge in [0.2, 0.25) is 5.91 Å². The monoisotopic (exact) mass is 356 g/mol. The fourth-order valence-electron chi connectivity index (χ4n) is 2.46. The van der Waals surface area contributed by atoms with E-state index in [-0.39, 0.29) is 12.5 Å². The lowest BCUT2D eigenvalue weighted by molar-refractivity contribution is -0.129. The molecule has 0 aromatic heterocycles.